The maximum absolute atomic E-state index is 12.5. The van der Waals surface area contributed by atoms with E-state index in [2.05, 4.69) is 20.6 Å². The maximum atomic E-state index is 12.5. The Morgan fingerprint density at radius 2 is 1.88 bits per heavy atom. The monoisotopic (exact) mass is 452 g/mol. The molecule has 0 saturated carbocycles. The van der Waals surface area contributed by atoms with Crippen molar-refractivity contribution in [3.8, 4) is 0 Å². The summed E-state index contributed by atoms with van der Waals surface area (Å²) >= 11 is 0. The predicted molar refractivity (Wildman–Crippen MR) is 125 cm³/mol. The van der Waals surface area contributed by atoms with Gasteiger partial charge >= 0.3 is 5.97 Å². The van der Waals surface area contributed by atoms with Crippen molar-refractivity contribution in [3.63, 3.8) is 0 Å². The van der Waals surface area contributed by atoms with Gasteiger partial charge in [-0.05, 0) is 38.5 Å². The van der Waals surface area contributed by atoms with E-state index < -0.39 is 23.8 Å². The van der Waals surface area contributed by atoms with Gasteiger partial charge in [0, 0.05) is 18.3 Å². The number of nitrogens with one attached hydrogen (secondary N) is 2. The molecule has 1 aromatic carbocycles. The molecule has 1 aromatic heterocycles. The lowest BCUT2D eigenvalue weighted by molar-refractivity contribution is -0.147. The molecule has 174 valence electrons. The zero-order valence-corrected chi connectivity index (χ0v) is 18.9. The highest BCUT2D eigenvalue weighted by atomic mass is 16.5. The van der Waals surface area contributed by atoms with Crippen LogP contribution in [0.5, 0.6) is 0 Å². The molecule has 0 aliphatic heterocycles. The van der Waals surface area contributed by atoms with Crippen LogP contribution in [0.15, 0.2) is 64.9 Å². The molecule has 0 radical (unpaired) electrons. The fourth-order valence-electron chi connectivity index (χ4n) is 2.86. The highest BCUT2D eigenvalue weighted by Crippen LogP contribution is 2.08. The standard InChI is InChI=1S/C24H28N4O5/c1-4-33-24(32)20(13-18-10-6-5-7-11-18)27-22(30)15-25-14-19(17(3)29)23(31)28-21-12-8-9-16(2)26-21/h5-12,14,20,29H,4,13,15H2,1-3H3,(H,27,30)(H,26,28,31)/b19-17+,25-14?. The van der Waals surface area contributed by atoms with Crippen LogP contribution in [0.2, 0.25) is 0 Å². The second-order valence-electron chi connectivity index (χ2n) is 7.15. The van der Waals surface area contributed by atoms with E-state index in [9.17, 15) is 19.5 Å². The third-order valence-electron chi connectivity index (χ3n) is 4.41. The van der Waals surface area contributed by atoms with Crippen molar-refractivity contribution in [1.82, 2.24) is 10.3 Å². The van der Waals surface area contributed by atoms with Crippen LogP contribution < -0.4 is 10.6 Å². The van der Waals surface area contributed by atoms with Gasteiger partial charge < -0.3 is 20.5 Å². The molecule has 2 aromatic rings. The van der Waals surface area contributed by atoms with E-state index in [1.165, 1.54) is 6.92 Å². The minimum Gasteiger partial charge on any atom is -0.512 e. The van der Waals surface area contributed by atoms with E-state index in [1.807, 2.05) is 30.3 Å². The van der Waals surface area contributed by atoms with Crippen LogP contribution in [0.25, 0.3) is 0 Å². The second-order valence-corrected chi connectivity index (χ2v) is 7.15. The topological polar surface area (TPSA) is 130 Å². The fraction of sp³-hybridized carbons (Fsp3) is 0.292. The number of esters is 1. The Labute approximate surface area is 192 Å². The van der Waals surface area contributed by atoms with Gasteiger partial charge in [0.25, 0.3) is 5.91 Å². The van der Waals surface area contributed by atoms with Crippen molar-refractivity contribution in [1.29, 1.82) is 0 Å². The number of aryl methyl sites for hydroxylation is 1. The number of benzene rings is 1. The molecule has 9 heteroatoms. The van der Waals surface area contributed by atoms with Crippen LogP contribution in [0.3, 0.4) is 0 Å². The molecule has 1 heterocycles. The highest BCUT2D eigenvalue weighted by Gasteiger charge is 2.22. The van der Waals surface area contributed by atoms with E-state index in [1.54, 1.807) is 32.0 Å². The van der Waals surface area contributed by atoms with Gasteiger partial charge in [-0.1, -0.05) is 36.4 Å². The van der Waals surface area contributed by atoms with Crippen LogP contribution in [-0.4, -0.2) is 53.3 Å². The van der Waals surface area contributed by atoms with Gasteiger partial charge in [0.1, 0.15) is 24.2 Å². The Kier molecular flexibility index (Phi) is 9.76. The predicted octanol–water partition coefficient (Wildman–Crippen LogP) is 2.52. The molecule has 1 atom stereocenters. The van der Waals surface area contributed by atoms with Gasteiger partial charge in [0.15, 0.2) is 0 Å². The molecular weight excluding hydrogens is 424 g/mol. The lowest BCUT2D eigenvalue weighted by Gasteiger charge is -2.17. The van der Waals surface area contributed by atoms with Gasteiger partial charge in [0.05, 0.1) is 12.2 Å². The number of rotatable bonds is 10. The summed E-state index contributed by atoms with van der Waals surface area (Å²) in [5.74, 6) is -1.64. The molecule has 2 rings (SSSR count). The van der Waals surface area contributed by atoms with Crippen molar-refractivity contribution < 1.29 is 24.2 Å². The molecule has 3 N–H and O–H groups in total. The van der Waals surface area contributed by atoms with Gasteiger partial charge in [-0.2, -0.15) is 0 Å². The number of aromatic nitrogens is 1. The average Bonchev–Trinajstić information content (AvgIpc) is 2.77. The Balaban J connectivity index is 2.01. The SMILES string of the molecule is CCOC(=O)C(Cc1ccccc1)NC(=O)CN=C/C(C(=O)Nc1cccc(C)n1)=C(/C)O. The summed E-state index contributed by atoms with van der Waals surface area (Å²) in [7, 11) is 0. The lowest BCUT2D eigenvalue weighted by Crippen LogP contribution is -2.44. The highest BCUT2D eigenvalue weighted by molar-refractivity contribution is 6.18. The molecule has 0 bridgehead atoms. The molecule has 9 nitrogen and oxygen atoms in total. The minimum atomic E-state index is -0.875. The maximum Gasteiger partial charge on any atom is 0.328 e. The normalized spacial score (nSPS) is 12.6. The summed E-state index contributed by atoms with van der Waals surface area (Å²) in [5.41, 5.74) is 1.47. The Morgan fingerprint density at radius 3 is 2.52 bits per heavy atom. The number of carbonyl (C=O) groups excluding carboxylic acids is 3. The first-order valence-corrected chi connectivity index (χ1v) is 10.4. The quantitative estimate of drug-likeness (QED) is 0.220. The number of amides is 2. The number of ether oxygens (including phenoxy) is 1. The summed E-state index contributed by atoms with van der Waals surface area (Å²) in [6.07, 6.45) is 1.37. The van der Waals surface area contributed by atoms with Crippen molar-refractivity contribution in [2.45, 2.75) is 33.2 Å². The zero-order chi connectivity index (χ0) is 24.2. The second kappa shape index (κ2) is 12.7. The van der Waals surface area contributed by atoms with Gasteiger partial charge in [-0.15, -0.1) is 0 Å². The molecule has 0 fully saturated rings. The van der Waals surface area contributed by atoms with Crippen molar-refractivity contribution in [3.05, 3.63) is 71.1 Å². The van der Waals surface area contributed by atoms with E-state index in [4.69, 9.17) is 4.74 Å². The van der Waals surface area contributed by atoms with Crippen molar-refractivity contribution >= 4 is 29.8 Å². The van der Waals surface area contributed by atoms with E-state index in [0.29, 0.717) is 5.82 Å². The number of nitrogens with zero attached hydrogens (tertiary/aromatic N) is 2. The number of allylic oxidation sites excluding steroid dienone is 1. The number of hydrogen-bond acceptors (Lipinski definition) is 7. The Morgan fingerprint density at radius 1 is 1.15 bits per heavy atom. The molecule has 0 spiro atoms. The lowest BCUT2D eigenvalue weighted by atomic mass is 10.1. The van der Waals surface area contributed by atoms with E-state index in [-0.39, 0.29) is 30.9 Å². The van der Waals surface area contributed by atoms with Crippen LogP contribution in [0.1, 0.15) is 25.1 Å². The van der Waals surface area contributed by atoms with E-state index in [0.717, 1.165) is 17.5 Å². The Hall–Kier alpha value is -4.01. The van der Waals surface area contributed by atoms with Gasteiger partial charge in [-0.3, -0.25) is 14.6 Å². The fourth-order valence-corrected chi connectivity index (χ4v) is 2.86. The third-order valence-corrected chi connectivity index (χ3v) is 4.41. The van der Waals surface area contributed by atoms with Crippen LogP contribution >= 0.6 is 0 Å². The third kappa shape index (κ3) is 8.56. The smallest absolute Gasteiger partial charge is 0.328 e. The van der Waals surface area contributed by atoms with Crippen LogP contribution in [0, 0.1) is 6.92 Å². The van der Waals surface area contributed by atoms with Gasteiger partial charge in [-0.25, -0.2) is 9.78 Å². The first-order chi connectivity index (χ1) is 15.8. The zero-order valence-electron chi connectivity index (χ0n) is 18.9. The van der Waals surface area contributed by atoms with E-state index >= 15 is 0 Å². The summed E-state index contributed by atoms with van der Waals surface area (Å²) in [5, 5.41) is 15.0. The number of anilines is 1. The summed E-state index contributed by atoms with van der Waals surface area (Å²) in [4.78, 5) is 45.2. The van der Waals surface area contributed by atoms with Crippen molar-refractivity contribution in [2.24, 2.45) is 4.99 Å². The minimum absolute atomic E-state index is 0.114. The average molecular weight is 453 g/mol. The van der Waals surface area contributed by atoms with Crippen LogP contribution in [-0.2, 0) is 25.5 Å². The van der Waals surface area contributed by atoms with Crippen LogP contribution in [0.4, 0.5) is 5.82 Å². The Bertz CT molecular complexity index is 1030. The molecular formula is C24H28N4O5. The molecule has 33 heavy (non-hydrogen) atoms. The van der Waals surface area contributed by atoms with Gasteiger partial charge in [0.2, 0.25) is 5.91 Å². The first-order valence-electron chi connectivity index (χ1n) is 10.4. The molecule has 2 amide bonds. The number of aliphatic hydroxyl groups excluding tert-OH is 1. The van der Waals surface area contributed by atoms with Crippen molar-refractivity contribution in [2.75, 3.05) is 18.5 Å². The molecule has 0 aliphatic rings. The number of aliphatic imine (C=N–C) groups is 1. The molecule has 1 unspecified atom stereocenters. The number of pyridine rings is 1. The molecule has 0 saturated heterocycles. The number of hydrogen-bond donors (Lipinski definition) is 3. The summed E-state index contributed by atoms with van der Waals surface area (Å²) in [6, 6.07) is 13.5. The summed E-state index contributed by atoms with van der Waals surface area (Å²) in [6.45, 7) is 4.64. The molecule has 0 aliphatic carbocycles. The first kappa shape index (κ1) is 25.3. The number of aliphatic hydroxyl groups is 1. The number of carbonyl (C=O) groups is 3. The largest absolute Gasteiger partial charge is 0.512 e. The summed E-state index contributed by atoms with van der Waals surface area (Å²) < 4.78 is 5.06.